The van der Waals surface area contributed by atoms with Crippen LogP contribution in [0.3, 0.4) is 0 Å². The number of aromatic amines is 1. The van der Waals surface area contributed by atoms with Gasteiger partial charge in [-0.15, -0.1) is 0 Å². The molecule has 0 spiro atoms. The molecule has 4 heteroatoms. The van der Waals surface area contributed by atoms with Gasteiger partial charge in [-0.2, -0.15) is 4.98 Å². The minimum atomic E-state index is 0.467. The van der Waals surface area contributed by atoms with Crippen molar-refractivity contribution in [1.29, 1.82) is 0 Å². The summed E-state index contributed by atoms with van der Waals surface area (Å²) in [6, 6.07) is 21.2. The van der Waals surface area contributed by atoms with Gasteiger partial charge >= 0.3 is 0 Å². The Kier molecular flexibility index (Phi) is 5.22. The summed E-state index contributed by atoms with van der Waals surface area (Å²) in [5.41, 5.74) is 6.46. The summed E-state index contributed by atoms with van der Waals surface area (Å²) in [5, 5.41) is 0.707. The monoisotopic (exact) mass is 416 g/mol. The summed E-state index contributed by atoms with van der Waals surface area (Å²) in [6.45, 7) is 2.05. The van der Waals surface area contributed by atoms with Gasteiger partial charge in [-0.1, -0.05) is 72.8 Å². The zero-order valence-corrected chi connectivity index (χ0v) is 17.9. The highest BCUT2D eigenvalue weighted by molar-refractivity contribution is 6.34. The molecule has 152 valence electrons. The molecule has 0 saturated heterocycles. The number of H-pyrrole nitrogens is 1. The van der Waals surface area contributed by atoms with E-state index in [1.165, 1.54) is 43.2 Å². The van der Waals surface area contributed by atoms with Gasteiger partial charge in [0.05, 0.1) is 16.1 Å². The summed E-state index contributed by atoms with van der Waals surface area (Å²) >= 11 is 6.62. The molecule has 3 nitrogen and oxygen atoms in total. The maximum atomic E-state index is 6.62. The summed E-state index contributed by atoms with van der Waals surface area (Å²) in [6.07, 6.45) is 6.69. The standard InChI is InChI=1S/C26H25ClN2O/c1-17-7-13-21(14-8-17)30-26-28-24-15-22(23(27)16-25(24)29-26)20-11-9-19(10-12-20)18-5-3-2-4-6-18/h7-16,18H,2-6H2,1H3,(H,28,29). The largest absolute Gasteiger partial charge is 0.426 e. The first-order chi connectivity index (χ1) is 14.7. The third-order valence-corrected chi connectivity index (χ3v) is 6.40. The van der Waals surface area contributed by atoms with Crippen molar-refractivity contribution in [2.24, 2.45) is 0 Å². The van der Waals surface area contributed by atoms with Gasteiger partial charge in [0.15, 0.2) is 0 Å². The SMILES string of the molecule is Cc1ccc(Oc2nc3cc(-c4ccc(C5CCCCC5)cc4)c(Cl)cc3[nH]2)cc1. The average Bonchev–Trinajstić information content (AvgIpc) is 3.16. The maximum absolute atomic E-state index is 6.62. The Hall–Kier alpha value is -2.78. The van der Waals surface area contributed by atoms with Crippen LogP contribution in [0.15, 0.2) is 60.7 Å². The number of halogens is 1. The van der Waals surface area contributed by atoms with Crippen LogP contribution in [-0.2, 0) is 0 Å². The van der Waals surface area contributed by atoms with Gasteiger partial charge in [0.1, 0.15) is 5.75 Å². The molecule has 0 atom stereocenters. The second-order valence-corrected chi connectivity index (χ2v) is 8.67. The van der Waals surface area contributed by atoms with E-state index in [0.29, 0.717) is 17.0 Å². The Morgan fingerprint density at radius 2 is 1.67 bits per heavy atom. The number of rotatable bonds is 4. The summed E-state index contributed by atoms with van der Waals surface area (Å²) < 4.78 is 5.88. The van der Waals surface area contributed by atoms with Crippen molar-refractivity contribution in [2.45, 2.75) is 44.9 Å². The van der Waals surface area contributed by atoms with E-state index >= 15 is 0 Å². The summed E-state index contributed by atoms with van der Waals surface area (Å²) in [5.74, 6) is 1.46. The van der Waals surface area contributed by atoms with Crippen molar-refractivity contribution in [1.82, 2.24) is 9.97 Å². The zero-order chi connectivity index (χ0) is 20.5. The van der Waals surface area contributed by atoms with Crippen molar-refractivity contribution < 1.29 is 4.74 Å². The van der Waals surface area contributed by atoms with E-state index < -0.39 is 0 Å². The molecule has 0 unspecified atom stereocenters. The third kappa shape index (κ3) is 3.95. The molecule has 0 radical (unpaired) electrons. The van der Waals surface area contributed by atoms with Crippen molar-refractivity contribution >= 4 is 22.6 Å². The van der Waals surface area contributed by atoms with E-state index in [1.807, 2.05) is 36.4 Å². The molecule has 1 heterocycles. The topological polar surface area (TPSA) is 37.9 Å². The fraction of sp³-hybridized carbons (Fsp3) is 0.269. The predicted octanol–water partition coefficient (Wildman–Crippen LogP) is 8.03. The molecule has 30 heavy (non-hydrogen) atoms. The highest BCUT2D eigenvalue weighted by Gasteiger charge is 2.16. The van der Waals surface area contributed by atoms with Crippen molar-refractivity contribution in [2.75, 3.05) is 0 Å². The van der Waals surface area contributed by atoms with Gasteiger partial charge in [-0.05, 0) is 61.1 Å². The lowest BCUT2D eigenvalue weighted by molar-refractivity contribution is 0.443. The number of hydrogen-bond donors (Lipinski definition) is 1. The van der Waals surface area contributed by atoms with Crippen LogP contribution >= 0.6 is 11.6 Å². The summed E-state index contributed by atoms with van der Waals surface area (Å²) in [4.78, 5) is 7.82. The molecule has 1 aliphatic carbocycles. The van der Waals surface area contributed by atoms with Crippen LogP contribution in [0.1, 0.15) is 49.1 Å². The van der Waals surface area contributed by atoms with E-state index in [0.717, 1.165) is 27.9 Å². The van der Waals surface area contributed by atoms with Gasteiger partial charge in [0.2, 0.25) is 0 Å². The number of hydrogen-bond acceptors (Lipinski definition) is 2. The molecule has 1 saturated carbocycles. The number of fused-ring (bicyclic) bond motifs is 1. The van der Waals surface area contributed by atoms with E-state index in [1.54, 1.807) is 0 Å². The Balaban J connectivity index is 1.41. The first kappa shape index (κ1) is 19.2. The third-order valence-electron chi connectivity index (χ3n) is 6.08. The maximum Gasteiger partial charge on any atom is 0.300 e. The van der Waals surface area contributed by atoms with Crippen LogP contribution in [0.4, 0.5) is 0 Å². The molecule has 3 aromatic carbocycles. The van der Waals surface area contributed by atoms with Gasteiger partial charge in [0, 0.05) is 5.56 Å². The molecular formula is C26H25ClN2O. The lowest BCUT2D eigenvalue weighted by Gasteiger charge is -2.22. The Bertz CT molecular complexity index is 1160. The number of nitrogens with zero attached hydrogens (tertiary/aromatic N) is 1. The fourth-order valence-electron chi connectivity index (χ4n) is 4.37. The highest BCUT2D eigenvalue weighted by atomic mass is 35.5. The molecule has 4 aromatic rings. The van der Waals surface area contributed by atoms with Crippen LogP contribution in [0.5, 0.6) is 11.8 Å². The molecule has 0 bridgehead atoms. The van der Waals surface area contributed by atoms with E-state index in [2.05, 4.69) is 41.2 Å². The number of aryl methyl sites for hydroxylation is 1. The highest BCUT2D eigenvalue weighted by Crippen LogP contribution is 2.36. The van der Waals surface area contributed by atoms with Gasteiger partial charge in [-0.25, -0.2) is 0 Å². The number of ether oxygens (including phenoxy) is 1. The minimum Gasteiger partial charge on any atom is -0.426 e. The van der Waals surface area contributed by atoms with Crippen LogP contribution < -0.4 is 4.74 Å². The summed E-state index contributed by atoms with van der Waals surface area (Å²) in [7, 11) is 0. The first-order valence-corrected chi connectivity index (χ1v) is 11.1. The van der Waals surface area contributed by atoms with Gasteiger partial charge in [-0.3, -0.25) is 0 Å². The molecular weight excluding hydrogens is 392 g/mol. The van der Waals surface area contributed by atoms with Crippen LogP contribution in [0.2, 0.25) is 5.02 Å². The molecule has 0 aliphatic heterocycles. The van der Waals surface area contributed by atoms with Crippen LogP contribution in [0, 0.1) is 6.92 Å². The molecule has 1 N–H and O–H groups in total. The first-order valence-electron chi connectivity index (χ1n) is 10.7. The average molecular weight is 417 g/mol. The molecule has 1 aliphatic rings. The molecule has 1 aromatic heterocycles. The minimum absolute atomic E-state index is 0.467. The Morgan fingerprint density at radius 3 is 2.40 bits per heavy atom. The molecule has 0 amide bonds. The molecule has 5 rings (SSSR count). The second kappa shape index (κ2) is 8.16. The van der Waals surface area contributed by atoms with E-state index in [-0.39, 0.29) is 0 Å². The number of imidazole rings is 1. The fourth-order valence-corrected chi connectivity index (χ4v) is 4.64. The Labute approximate surface area is 182 Å². The quantitative estimate of drug-likeness (QED) is 0.365. The normalized spacial score (nSPS) is 14.9. The number of nitrogens with one attached hydrogen (secondary N) is 1. The smallest absolute Gasteiger partial charge is 0.300 e. The zero-order valence-electron chi connectivity index (χ0n) is 17.1. The van der Waals surface area contributed by atoms with Crippen LogP contribution in [-0.4, -0.2) is 9.97 Å². The van der Waals surface area contributed by atoms with Crippen molar-refractivity contribution in [3.63, 3.8) is 0 Å². The number of benzene rings is 3. The lowest BCUT2D eigenvalue weighted by atomic mass is 9.84. The van der Waals surface area contributed by atoms with Crippen molar-refractivity contribution in [3.05, 3.63) is 76.8 Å². The van der Waals surface area contributed by atoms with Crippen molar-refractivity contribution in [3.8, 4) is 22.9 Å². The van der Waals surface area contributed by atoms with E-state index in [9.17, 15) is 0 Å². The van der Waals surface area contributed by atoms with Crippen LogP contribution in [0.25, 0.3) is 22.2 Å². The van der Waals surface area contributed by atoms with Gasteiger partial charge < -0.3 is 9.72 Å². The number of aromatic nitrogens is 2. The van der Waals surface area contributed by atoms with Gasteiger partial charge in [0.25, 0.3) is 6.01 Å². The predicted molar refractivity (Wildman–Crippen MR) is 124 cm³/mol. The van der Waals surface area contributed by atoms with E-state index in [4.69, 9.17) is 16.3 Å². The second-order valence-electron chi connectivity index (χ2n) is 8.26. The molecule has 1 fully saturated rings. The Morgan fingerprint density at radius 1 is 0.933 bits per heavy atom. The lowest BCUT2D eigenvalue weighted by Crippen LogP contribution is -2.04.